The maximum Gasteiger partial charge on any atom is 0.0628 e. The Bertz CT molecular complexity index is 476. The Morgan fingerprint density at radius 3 is 2.25 bits per heavy atom. The molecule has 1 atom stereocenters. The Kier molecular flexibility index (Phi) is 2.95. The summed E-state index contributed by atoms with van der Waals surface area (Å²) in [4.78, 5) is 0. The molecule has 3 nitrogen and oxygen atoms in total. The van der Waals surface area contributed by atoms with E-state index >= 15 is 0 Å². The summed E-state index contributed by atoms with van der Waals surface area (Å²) in [5.74, 6) is 5.34. The van der Waals surface area contributed by atoms with Gasteiger partial charge in [-0.25, -0.2) is 0 Å². The number of rotatable bonds is 3. The highest BCUT2D eigenvalue weighted by Gasteiger charge is 2.50. The van der Waals surface area contributed by atoms with Gasteiger partial charge in [0.2, 0.25) is 0 Å². The van der Waals surface area contributed by atoms with E-state index in [9.17, 15) is 0 Å². The Labute approximate surface area is 121 Å². The maximum atomic E-state index is 6.23. The molecule has 4 aliphatic carbocycles. The fourth-order valence-corrected chi connectivity index (χ4v) is 6.10. The summed E-state index contributed by atoms with van der Waals surface area (Å²) in [7, 11) is 2.03. The molecule has 4 bridgehead atoms. The van der Waals surface area contributed by atoms with Gasteiger partial charge >= 0.3 is 0 Å². The number of aromatic nitrogens is 2. The van der Waals surface area contributed by atoms with E-state index in [1.165, 1.54) is 43.4 Å². The van der Waals surface area contributed by atoms with Gasteiger partial charge in [-0.2, -0.15) is 5.10 Å². The molecule has 0 aliphatic heterocycles. The quantitative estimate of drug-likeness (QED) is 0.920. The van der Waals surface area contributed by atoms with Crippen LogP contribution < -0.4 is 5.73 Å². The standard InChI is InChI=1S/C17H27N3/c1-10-16(9-20(2)19-10)15(8-18)17-13-4-11-3-12(6-13)7-14(17)5-11/h9,11-15,17H,3-8,18H2,1-2H3. The van der Waals surface area contributed by atoms with Crippen LogP contribution in [0, 0.1) is 36.5 Å². The van der Waals surface area contributed by atoms with E-state index in [0.29, 0.717) is 5.92 Å². The van der Waals surface area contributed by atoms with Crippen molar-refractivity contribution < 1.29 is 0 Å². The van der Waals surface area contributed by atoms with Gasteiger partial charge in [0.15, 0.2) is 0 Å². The average Bonchev–Trinajstić information content (AvgIpc) is 2.72. The van der Waals surface area contributed by atoms with Crippen molar-refractivity contribution in [1.29, 1.82) is 0 Å². The predicted molar refractivity (Wildman–Crippen MR) is 80.3 cm³/mol. The summed E-state index contributed by atoms with van der Waals surface area (Å²) in [5, 5.41) is 4.55. The topological polar surface area (TPSA) is 43.8 Å². The van der Waals surface area contributed by atoms with Crippen molar-refractivity contribution in [1.82, 2.24) is 9.78 Å². The fraction of sp³-hybridized carbons (Fsp3) is 0.824. The molecule has 110 valence electrons. The molecule has 3 heteroatoms. The third-order valence-electron chi connectivity index (χ3n) is 6.47. The van der Waals surface area contributed by atoms with E-state index in [-0.39, 0.29) is 0 Å². The number of aryl methyl sites for hydroxylation is 2. The van der Waals surface area contributed by atoms with Crippen LogP contribution in [0.4, 0.5) is 0 Å². The zero-order chi connectivity index (χ0) is 13.9. The Balaban J connectivity index is 1.66. The predicted octanol–water partition coefficient (Wildman–Crippen LogP) is 2.84. The first-order valence-electron chi connectivity index (χ1n) is 8.36. The zero-order valence-electron chi connectivity index (χ0n) is 12.8. The van der Waals surface area contributed by atoms with E-state index in [1.807, 2.05) is 11.7 Å². The molecule has 1 aromatic rings. The maximum absolute atomic E-state index is 6.23. The summed E-state index contributed by atoms with van der Waals surface area (Å²) in [5.41, 5.74) is 8.84. The Morgan fingerprint density at radius 1 is 1.20 bits per heavy atom. The second-order valence-corrected chi connectivity index (χ2v) is 7.69. The van der Waals surface area contributed by atoms with Crippen molar-refractivity contribution in [2.24, 2.45) is 42.4 Å². The second-order valence-electron chi connectivity index (χ2n) is 7.69. The van der Waals surface area contributed by atoms with Crippen LogP contribution in [0.5, 0.6) is 0 Å². The van der Waals surface area contributed by atoms with Crippen molar-refractivity contribution in [3.8, 4) is 0 Å². The SMILES string of the molecule is Cc1nn(C)cc1C(CN)C1C2CC3CC(C2)CC1C3. The monoisotopic (exact) mass is 273 g/mol. The van der Waals surface area contributed by atoms with E-state index < -0.39 is 0 Å². The van der Waals surface area contributed by atoms with E-state index in [2.05, 4.69) is 18.2 Å². The molecular weight excluding hydrogens is 246 g/mol. The molecule has 0 saturated heterocycles. The number of nitrogens with two attached hydrogens (primary N) is 1. The summed E-state index contributed by atoms with van der Waals surface area (Å²) in [6, 6.07) is 0. The van der Waals surface area contributed by atoms with Crippen LogP contribution in [0.1, 0.15) is 49.3 Å². The highest BCUT2D eigenvalue weighted by molar-refractivity contribution is 5.24. The highest BCUT2D eigenvalue weighted by Crippen LogP contribution is 2.59. The number of hydrogen-bond donors (Lipinski definition) is 1. The first-order chi connectivity index (χ1) is 9.65. The van der Waals surface area contributed by atoms with Gasteiger partial charge in [0.25, 0.3) is 0 Å². The lowest BCUT2D eigenvalue weighted by Gasteiger charge is -2.56. The van der Waals surface area contributed by atoms with E-state index in [4.69, 9.17) is 5.73 Å². The number of nitrogens with zero attached hydrogens (tertiary/aromatic N) is 2. The largest absolute Gasteiger partial charge is 0.330 e. The molecule has 5 rings (SSSR count). The molecular formula is C17H27N3. The van der Waals surface area contributed by atoms with Gasteiger partial charge in [-0.1, -0.05) is 0 Å². The summed E-state index contributed by atoms with van der Waals surface area (Å²) in [6.45, 7) is 2.94. The molecule has 20 heavy (non-hydrogen) atoms. The summed E-state index contributed by atoms with van der Waals surface area (Å²) in [6.07, 6.45) is 9.67. The molecule has 1 unspecified atom stereocenters. The lowest BCUT2D eigenvalue weighted by atomic mass is 9.49. The zero-order valence-corrected chi connectivity index (χ0v) is 12.8. The molecule has 4 aliphatic rings. The van der Waals surface area contributed by atoms with Gasteiger partial charge in [0, 0.05) is 19.2 Å². The first-order valence-corrected chi connectivity index (χ1v) is 8.36. The summed E-state index contributed by atoms with van der Waals surface area (Å²) >= 11 is 0. The molecule has 0 amide bonds. The molecule has 1 aromatic heterocycles. The Morgan fingerprint density at radius 2 is 1.80 bits per heavy atom. The normalized spacial score (nSPS) is 40.2. The minimum atomic E-state index is 0.540. The van der Waals surface area contributed by atoms with Gasteiger partial charge in [0.05, 0.1) is 5.69 Å². The lowest BCUT2D eigenvalue weighted by molar-refractivity contribution is -0.0468. The van der Waals surface area contributed by atoms with Gasteiger partial charge in [-0.15, -0.1) is 0 Å². The van der Waals surface area contributed by atoms with Gasteiger partial charge in [-0.3, -0.25) is 4.68 Å². The minimum Gasteiger partial charge on any atom is -0.330 e. The van der Waals surface area contributed by atoms with E-state index in [1.54, 1.807) is 0 Å². The summed E-state index contributed by atoms with van der Waals surface area (Å²) < 4.78 is 1.96. The second kappa shape index (κ2) is 4.59. The van der Waals surface area contributed by atoms with Crippen molar-refractivity contribution in [3.05, 3.63) is 17.5 Å². The van der Waals surface area contributed by atoms with Gasteiger partial charge < -0.3 is 5.73 Å². The average molecular weight is 273 g/mol. The molecule has 0 aromatic carbocycles. The van der Waals surface area contributed by atoms with Crippen LogP contribution in [-0.4, -0.2) is 16.3 Å². The minimum absolute atomic E-state index is 0.540. The molecule has 4 fully saturated rings. The third kappa shape index (κ3) is 1.86. The van der Waals surface area contributed by atoms with Crippen LogP contribution in [0.25, 0.3) is 0 Å². The van der Waals surface area contributed by atoms with Crippen molar-refractivity contribution >= 4 is 0 Å². The van der Waals surface area contributed by atoms with Gasteiger partial charge in [0.1, 0.15) is 0 Å². The lowest BCUT2D eigenvalue weighted by Crippen LogP contribution is -2.48. The molecule has 4 saturated carbocycles. The highest BCUT2D eigenvalue weighted by atomic mass is 15.2. The smallest absolute Gasteiger partial charge is 0.0628 e. The molecule has 0 radical (unpaired) electrons. The molecule has 1 heterocycles. The van der Waals surface area contributed by atoms with Crippen LogP contribution in [0.15, 0.2) is 6.20 Å². The van der Waals surface area contributed by atoms with Crippen LogP contribution in [0.3, 0.4) is 0 Å². The van der Waals surface area contributed by atoms with Crippen LogP contribution >= 0.6 is 0 Å². The fourth-order valence-electron chi connectivity index (χ4n) is 6.10. The Hall–Kier alpha value is -0.830. The van der Waals surface area contributed by atoms with Crippen LogP contribution in [-0.2, 0) is 7.05 Å². The van der Waals surface area contributed by atoms with E-state index in [0.717, 1.165) is 36.1 Å². The molecule has 0 spiro atoms. The van der Waals surface area contributed by atoms with Crippen molar-refractivity contribution in [2.45, 2.75) is 44.9 Å². The van der Waals surface area contributed by atoms with Crippen molar-refractivity contribution in [2.75, 3.05) is 6.54 Å². The van der Waals surface area contributed by atoms with Crippen molar-refractivity contribution in [3.63, 3.8) is 0 Å². The van der Waals surface area contributed by atoms with Gasteiger partial charge in [-0.05, 0) is 80.7 Å². The third-order valence-corrected chi connectivity index (χ3v) is 6.47. The number of hydrogen-bond acceptors (Lipinski definition) is 2. The van der Waals surface area contributed by atoms with Crippen LogP contribution in [0.2, 0.25) is 0 Å². The molecule has 2 N–H and O–H groups in total. The first kappa shape index (κ1) is 12.9.